The van der Waals surface area contributed by atoms with Gasteiger partial charge in [0, 0.05) is 24.3 Å². The Morgan fingerprint density at radius 1 is 0.667 bits per heavy atom. The van der Waals surface area contributed by atoms with E-state index in [-0.39, 0.29) is 12.4 Å². The predicted octanol–water partition coefficient (Wildman–Crippen LogP) is 0.316. The summed E-state index contributed by atoms with van der Waals surface area (Å²) in [6, 6.07) is 20.7. The first-order chi connectivity index (χ1) is 6.88. The molecule has 0 radical (unpaired) electrons. The second-order valence-corrected chi connectivity index (χ2v) is 3.73. The molecule has 0 aliphatic carbocycles. The lowest BCUT2D eigenvalue weighted by Gasteiger charge is -1.99. The van der Waals surface area contributed by atoms with Gasteiger partial charge in [-0.2, -0.15) is 4.33 Å². The van der Waals surface area contributed by atoms with Crippen molar-refractivity contribution in [3.63, 3.8) is 0 Å². The van der Waals surface area contributed by atoms with Gasteiger partial charge in [0.1, 0.15) is 0 Å². The Morgan fingerprint density at radius 2 is 1.00 bits per heavy atom. The molecule has 78 valence electrons. The molecule has 2 aromatic rings. The highest BCUT2D eigenvalue weighted by Crippen LogP contribution is 2.20. The average Bonchev–Trinajstić information content (AvgIpc) is 2.30. The average molecular weight is 238 g/mol. The quantitative estimate of drug-likeness (QED) is 0.662. The molecule has 1 nitrogen and oxygen atoms in total. The van der Waals surface area contributed by atoms with Crippen LogP contribution >= 0.6 is 9.03 Å². The summed E-state index contributed by atoms with van der Waals surface area (Å²) in [6.45, 7) is 0. The van der Waals surface area contributed by atoms with E-state index in [9.17, 15) is 0 Å². The monoisotopic (exact) mass is 237 g/mol. The molecule has 2 rings (SSSR count). The van der Waals surface area contributed by atoms with Gasteiger partial charge in [-0.1, -0.05) is 36.4 Å². The van der Waals surface area contributed by atoms with Crippen molar-refractivity contribution in [3.8, 4) is 0 Å². The van der Waals surface area contributed by atoms with E-state index in [0.717, 1.165) is 0 Å². The zero-order valence-electron chi connectivity index (χ0n) is 8.31. The molecule has 3 heteroatoms. The van der Waals surface area contributed by atoms with Crippen LogP contribution in [0.5, 0.6) is 0 Å². The van der Waals surface area contributed by atoms with Gasteiger partial charge in [0.15, 0.2) is 0 Å². The number of hydrogen-bond acceptors (Lipinski definition) is 0. The molecular weight excluding hydrogens is 225 g/mol. The summed E-state index contributed by atoms with van der Waals surface area (Å²) in [5.74, 6) is 0. The molecule has 0 heterocycles. The van der Waals surface area contributed by atoms with Crippen molar-refractivity contribution in [3.05, 3.63) is 60.7 Å². The Balaban J connectivity index is 0.00000112. The standard InChI is InChI=1S/C12H13NP.ClH/c14-13(11-7-3-1-4-8-11)12-9-5-2-6-10-12;/h1-10H,14H3;1H/q+1;/p-1. The molecule has 0 fully saturated rings. The Labute approximate surface area is 98.1 Å². The van der Waals surface area contributed by atoms with Crippen LogP contribution in [-0.2, 0) is 0 Å². The minimum Gasteiger partial charge on any atom is -1.00 e. The SMILES string of the molecule is [Cl-].[PH3]=[N+](c1ccccc1)c1ccccc1. The molecular formula is C12H13ClNP. The maximum atomic E-state index is 2.19. The van der Waals surface area contributed by atoms with Gasteiger partial charge < -0.3 is 12.4 Å². The second kappa shape index (κ2) is 5.75. The van der Waals surface area contributed by atoms with Crippen molar-refractivity contribution < 1.29 is 12.4 Å². The molecule has 0 spiro atoms. The lowest BCUT2D eigenvalue weighted by Crippen LogP contribution is -3.00. The van der Waals surface area contributed by atoms with Crippen LogP contribution in [0.15, 0.2) is 60.7 Å². The van der Waals surface area contributed by atoms with E-state index in [0.29, 0.717) is 0 Å². The van der Waals surface area contributed by atoms with Gasteiger partial charge in [0.25, 0.3) is 0 Å². The van der Waals surface area contributed by atoms with Gasteiger partial charge in [-0.3, -0.25) is 0 Å². The van der Waals surface area contributed by atoms with Crippen LogP contribution in [0, 0.1) is 0 Å². The predicted molar refractivity (Wildman–Crippen MR) is 65.4 cm³/mol. The van der Waals surface area contributed by atoms with Crippen molar-refractivity contribution in [2.24, 2.45) is 0 Å². The minimum absolute atomic E-state index is 0. The van der Waals surface area contributed by atoms with Crippen molar-refractivity contribution in [1.29, 1.82) is 0 Å². The number of rotatable bonds is 2. The summed E-state index contributed by atoms with van der Waals surface area (Å²) in [5, 5.41) is 0. The van der Waals surface area contributed by atoms with Crippen LogP contribution in [0.25, 0.3) is 0 Å². The molecule has 1 unspecified atom stereocenters. The maximum absolute atomic E-state index is 2.19. The highest BCUT2D eigenvalue weighted by Gasteiger charge is 2.06. The number of hydrogen-bond donors (Lipinski definition) is 0. The lowest BCUT2D eigenvalue weighted by molar-refractivity contribution is -0.00000272. The molecule has 0 saturated carbocycles. The minimum atomic E-state index is 0. The molecule has 2 aromatic carbocycles. The molecule has 0 saturated heterocycles. The van der Waals surface area contributed by atoms with E-state index in [1.54, 1.807) is 0 Å². The Hall–Kier alpha value is -1.04. The third-order valence-corrected chi connectivity index (χ3v) is 2.87. The number of halogens is 1. The van der Waals surface area contributed by atoms with Crippen molar-refractivity contribution in [2.75, 3.05) is 0 Å². The molecule has 0 amide bonds. The van der Waals surface area contributed by atoms with Gasteiger partial charge in [-0.05, 0) is 0 Å². The highest BCUT2D eigenvalue weighted by molar-refractivity contribution is 7.04. The Kier molecular flexibility index (Phi) is 4.61. The fourth-order valence-electron chi connectivity index (χ4n) is 1.36. The van der Waals surface area contributed by atoms with E-state index in [1.165, 1.54) is 11.4 Å². The first-order valence-corrected chi connectivity index (χ1v) is 5.22. The van der Waals surface area contributed by atoms with Gasteiger partial charge in [0.2, 0.25) is 11.4 Å². The number of nitrogens with zero attached hydrogens (tertiary/aromatic N) is 1. The second-order valence-electron chi connectivity index (χ2n) is 3.10. The van der Waals surface area contributed by atoms with Gasteiger partial charge in [0.05, 0.1) is 9.03 Å². The fourth-order valence-corrected chi connectivity index (χ4v) is 1.79. The van der Waals surface area contributed by atoms with Crippen molar-refractivity contribution in [1.82, 2.24) is 4.33 Å². The third-order valence-electron chi connectivity index (χ3n) is 2.14. The molecule has 1 atom stereocenters. The summed E-state index contributed by atoms with van der Waals surface area (Å²) in [6.07, 6.45) is 0. The van der Waals surface area contributed by atoms with Crippen LogP contribution in [0.1, 0.15) is 0 Å². The van der Waals surface area contributed by atoms with Crippen LogP contribution in [-0.4, -0.2) is 0 Å². The van der Waals surface area contributed by atoms with Crippen LogP contribution in [0.3, 0.4) is 0 Å². The largest absolute Gasteiger partial charge is 1.00 e. The molecule has 0 aromatic heterocycles. The van der Waals surface area contributed by atoms with Crippen LogP contribution in [0.4, 0.5) is 11.4 Å². The Bertz CT molecular complexity index is 386. The maximum Gasteiger partial charge on any atom is 0.205 e. The van der Waals surface area contributed by atoms with Crippen LogP contribution < -0.4 is 16.7 Å². The zero-order valence-corrected chi connectivity index (χ0v) is 10.5. The zero-order chi connectivity index (χ0) is 9.80. The summed E-state index contributed by atoms with van der Waals surface area (Å²) in [7, 11) is 1.86. The van der Waals surface area contributed by atoms with Gasteiger partial charge in [-0.25, -0.2) is 0 Å². The number of para-hydroxylation sites is 2. The third kappa shape index (κ3) is 2.95. The Morgan fingerprint density at radius 3 is 1.33 bits per heavy atom. The van der Waals surface area contributed by atoms with Gasteiger partial charge >= 0.3 is 0 Å². The molecule has 0 bridgehead atoms. The lowest BCUT2D eigenvalue weighted by atomic mass is 10.3. The first kappa shape index (κ1) is 12.0. The summed E-state index contributed by atoms with van der Waals surface area (Å²) < 4.78 is 2.19. The summed E-state index contributed by atoms with van der Waals surface area (Å²) >= 11 is 0. The summed E-state index contributed by atoms with van der Waals surface area (Å²) in [4.78, 5) is 0. The topological polar surface area (TPSA) is 3.01 Å². The van der Waals surface area contributed by atoms with E-state index in [1.807, 2.05) is 21.2 Å². The molecule has 15 heavy (non-hydrogen) atoms. The van der Waals surface area contributed by atoms with Crippen molar-refractivity contribution in [2.45, 2.75) is 0 Å². The normalized spacial score (nSPS) is 9.33. The summed E-state index contributed by atoms with van der Waals surface area (Å²) in [5.41, 5.74) is 2.44. The van der Waals surface area contributed by atoms with E-state index < -0.39 is 0 Å². The van der Waals surface area contributed by atoms with E-state index in [4.69, 9.17) is 0 Å². The van der Waals surface area contributed by atoms with Gasteiger partial charge in [-0.15, -0.1) is 0 Å². The molecule has 0 aliphatic rings. The number of benzene rings is 2. The fraction of sp³-hybridized carbons (Fsp3) is 0. The highest BCUT2D eigenvalue weighted by atomic mass is 35.5. The van der Waals surface area contributed by atoms with Crippen molar-refractivity contribution >= 4 is 20.4 Å². The molecule has 0 aliphatic heterocycles. The van der Waals surface area contributed by atoms with E-state index >= 15 is 0 Å². The van der Waals surface area contributed by atoms with E-state index in [2.05, 4.69) is 52.9 Å². The smallest absolute Gasteiger partial charge is 0.205 e. The van der Waals surface area contributed by atoms with Crippen LogP contribution in [0.2, 0.25) is 0 Å². The molecule has 0 N–H and O–H groups in total. The first-order valence-electron chi connectivity index (χ1n) is 4.58.